The first-order valence-electron chi connectivity index (χ1n) is 3.54. The number of carbonyl (C=O) groups excluding carboxylic acids is 2. The van der Waals surface area contributed by atoms with Crippen LogP contribution in [0.1, 0.15) is 13.8 Å². The molecule has 0 aliphatic rings. The van der Waals surface area contributed by atoms with Crippen LogP contribution in [0.3, 0.4) is 0 Å². The number of alkyl halides is 1. The monoisotopic (exact) mass is 238 g/mol. The molecule has 0 aliphatic carbocycles. The van der Waals surface area contributed by atoms with E-state index >= 15 is 0 Å². The van der Waals surface area contributed by atoms with Crippen LogP contribution in [0.5, 0.6) is 0 Å². The van der Waals surface area contributed by atoms with Gasteiger partial charge in [0.05, 0.1) is 6.61 Å². The molecular weight excluding hydrogens is 228 g/mol. The first kappa shape index (κ1) is 11.4. The molecule has 0 bridgehead atoms. The van der Waals surface area contributed by atoms with Gasteiger partial charge in [-0.3, -0.25) is 4.79 Å². The fourth-order valence-electron chi connectivity index (χ4n) is 0.448. The van der Waals surface area contributed by atoms with E-state index in [0.29, 0.717) is 6.61 Å². The fraction of sp³-hybridized carbons (Fsp3) is 0.714. The molecule has 0 spiro atoms. The van der Waals surface area contributed by atoms with Crippen molar-refractivity contribution in [3.63, 3.8) is 0 Å². The van der Waals surface area contributed by atoms with Crippen molar-refractivity contribution in [1.82, 2.24) is 0 Å². The normalized spacial score (nSPS) is 11.9. The minimum atomic E-state index is -0.529. The highest BCUT2D eigenvalue weighted by atomic mass is 79.9. The summed E-state index contributed by atoms with van der Waals surface area (Å²) in [7, 11) is 0. The first-order valence-corrected chi connectivity index (χ1v) is 4.45. The molecule has 0 aromatic heterocycles. The van der Waals surface area contributed by atoms with E-state index in [1.807, 2.05) is 0 Å². The number of rotatable bonds is 4. The van der Waals surface area contributed by atoms with E-state index in [1.54, 1.807) is 13.8 Å². The summed E-state index contributed by atoms with van der Waals surface area (Å²) in [6, 6.07) is 0. The molecule has 12 heavy (non-hydrogen) atoms. The standard InChI is InChI=1S/C7H11BrO4/c1-3-11-6(9)4-12-7(10)5(2)8/h5H,3-4H2,1-2H3. The van der Waals surface area contributed by atoms with Gasteiger partial charge in [0.15, 0.2) is 6.61 Å². The molecule has 0 saturated heterocycles. The lowest BCUT2D eigenvalue weighted by Crippen LogP contribution is -2.20. The Morgan fingerprint density at radius 1 is 1.42 bits per heavy atom. The SMILES string of the molecule is CCOC(=O)COC(=O)C(C)Br. The van der Waals surface area contributed by atoms with Crippen molar-refractivity contribution in [2.75, 3.05) is 13.2 Å². The second kappa shape index (κ2) is 5.99. The number of hydrogen-bond acceptors (Lipinski definition) is 4. The molecule has 0 saturated carbocycles. The number of ether oxygens (including phenoxy) is 2. The molecule has 1 unspecified atom stereocenters. The summed E-state index contributed by atoms with van der Waals surface area (Å²) >= 11 is 3.00. The first-order chi connectivity index (χ1) is 5.57. The average molecular weight is 239 g/mol. The maximum Gasteiger partial charge on any atom is 0.344 e. The molecule has 4 nitrogen and oxygen atoms in total. The van der Waals surface area contributed by atoms with E-state index in [1.165, 1.54) is 0 Å². The third-order valence-corrected chi connectivity index (χ3v) is 1.34. The van der Waals surface area contributed by atoms with Crippen LogP contribution >= 0.6 is 15.9 Å². The van der Waals surface area contributed by atoms with Crippen LogP contribution in [0.25, 0.3) is 0 Å². The van der Waals surface area contributed by atoms with Crippen molar-refractivity contribution < 1.29 is 19.1 Å². The van der Waals surface area contributed by atoms with Crippen molar-refractivity contribution in [2.24, 2.45) is 0 Å². The van der Waals surface area contributed by atoms with Crippen LogP contribution in [-0.2, 0) is 19.1 Å². The molecule has 0 rings (SSSR count). The van der Waals surface area contributed by atoms with E-state index < -0.39 is 16.8 Å². The Hall–Kier alpha value is -0.580. The average Bonchev–Trinajstić information content (AvgIpc) is 2.00. The lowest BCUT2D eigenvalue weighted by molar-refractivity contribution is -0.157. The number of hydrogen-bond donors (Lipinski definition) is 0. The van der Waals surface area contributed by atoms with Crippen molar-refractivity contribution >= 4 is 27.9 Å². The van der Waals surface area contributed by atoms with Gasteiger partial charge >= 0.3 is 11.9 Å². The van der Waals surface area contributed by atoms with Crippen LogP contribution in [0, 0.1) is 0 Å². The predicted octanol–water partition coefficient (Wildman–Crippen LogP) is 0.876. The number of esters is 2. The molecule has 1 atom stereocenters. The van der Waals surface area contributed by atoms with Gasteiger partial charge in [0.2, 0.25) is 0 Å². The second-order valence-corrected chi connectivity index (χ2v) is 3.40. The molecule has 0 aliphatic heterocycles. The molecule has 0 aromatic rings. The molecule has 0 heterocycles. The molecule has 0 radical (unpaired) electrons. The van der Waals surface area contributed by atoms with Gasteiger partial charge in [-0.2, -0.15) is 0 Å². The topological polar surface area (TPSA) is 52.6 Å². The molecule has 0 aromatic carbocycles. The Labute approximate surface area is 79.3 Å². The number of halogens is 1. The summed E-state index contributed by atoms with van der Waals surface area (Å²) in [5, 5.41) is 0. The maximum absolute atomic E-state index is 10.8. The smallest absolute Gasteiger partial charge is 0.344 e. The zero-order valence-corrected chi connectivity index (χ0v) is 8.59. The van der Waals surface area contributed by atoms with Crippen molar-refractivity contribution in [1.29, 1.82) is 0 Å². The van der Waals surface area contributed by atoms with Gasteiger partial charge in [-0.15, -0.1) is 0 Å². The summed E-state index contributed by atoms with van der Waals surface area (Å²) in [5.41, 5.74) is 0. The molecule has 0 fully saturated rings. The van der Waals surface area contributed by atoms with Crippen LogP contribution < -0.4 is 0 Å². The van der Waals surface area contributed by atoms with E-state index in [9.17, 15) is 9.59 Å². The van der Waals surface area contributed by atoms with Gasteiger partial charge < -0.3 is 9.47 Å². The molecule has 70 valence electrons. The van der Waals surface area contributed by atoms with Crippen LogP contribution in [-0.4, -0.2) is 30.0 Å². The van der Waals surface area contributed by atoms with Gasteiger partial charge in [0, 0.05) is 0 Å². The minimum absolute atomic E-state index is 0.292. The van der Waals surface area contributed by atoms with Crippen molar-refractivity contribution in [2.45, 2.75) is 18.7 Å². The predicted molar refractivity (Wildman–Crippen MR) is 46.0 cm³/mol. The Balaban J connectivity index is 3.54. The van der Waals surface area contributed by atoms with E-state index in [2.05, 4.69) is 25.4 Å². The van der Waals surface area contributed by atoms with Crippen LogP contribution in [0.15, 0.2) is 0 Å². The summed E-state index contributed by atoms with van der Waals surface area (Å²) in [6.45, 7) is 3.28. The third-order valence-electron chi connectivity index (χ3n) is 0.962. The maximum atomic E-state index is 10.8. The van der Waals surface area contributed by atoms with Crippen LogP contribution in [0.4, 0.5) is 0 Å². The van der Waals surface area contributed by atoms with Gasteiger partial charge in [-0.1, -0.05) is 15.9 Å². The van der Waals surface area contributed by atoms with Crippen LogP contribution in [0.2, 0.25) is 0 Å². The van der Waals surface area contributed by atoms with Gasteiger partial charge in [-0.05, 0) is 13.8 Å². The number of carbonyl (C=O) groups is 2. The minimum Gasteiger partial charge on any atom is -0.463 e. The third kappa shape index (κ3) is 5.12. The largest absolute Gasteiger partial charge is 0.463 e. The Morgan fingerprint density at radius 3 is 2.42 bits per heavy atom. The summed E-state index contributed by atoms with van der Waals surface area (Å²) in [6.07, 6.45) is 0. The second-order valence-electron chi connectivity index (χ2n) is 2.03. The highest BCUT2D eigenvalue weighted by Crippen LogP contribution is 1.99. The molecule has 0 amide bonds. The summed E-state index contributed by atoms with van der Waals surface area (Å²) < 4.78 is 9.10. The molecule has 0 N–H and O–H groups in total. The van der Waals surface area contributed by atoms with E-state index in [0.717, 1.165) is 0 Å². The zero-order valence-electron chi connectivity index (χ0n) is 7.00. The molecule has 5 heteroatoms. The summed E-state index contributed by atoms with van der Waals surface area (Å²) in [4.78, 5) is 21.0. The van der Waals surface area contributed by atoms with E-state index in [4.69, 9.17) is 0 Å². The highest BCUT2D eigenvalue weighted by Gasteiger charge is 2.12. The Bertz CT molecular complexity index is 167. The van der Waals surface area contributed by atoms with Crippen molar-refractivity contribution in [3.05, 3.63) is 0 Å². The fourth-order valence-corrected chi connectivity index (χ4v) is 0.580. The van der Waals surface area contributed by atoms with Gasteiger partial charge in [0.25, 0.3) is 0 Å². The quantitative estimate of drug-likeness (QED) is 0.539. The summed E-state index contributed by atoms with van der Waals surface area (Å²) in [5.74, 6) is -0.998. The van der Waals surface area contributed by atoms with Gasteiger partial charge in [0.1, 0.15) is 4.83 Å². The van der Waals surface area contributed by atoms with E-state index in [-0.39, 0.29) is 6.61 Å². The lowest BCUT2D eigenvalue weighted by Gasteiger charge is -2.04. The Kier molecular flexibility index (Phi) is 5.70. The molecular formula is C7H11BrO4. The highest BCUT2D eigenvalue weighted by molar-refractivity contribution is 9.10. The van der Waals surface area contributed by atoms with Crippen molar-refractivity contribution in [3.8, 4) is 0 Å². The van der Waals surface area contributed by atoms with Gasteiger partial charge in [-0.25, -0.2) is 4.79 Å². The Morgan fingerprint density at radius 2 is 2.00 bits per heavy atom. The lowest BCUT2D eigenvalue weighted by atomic mass is 10.5. The zero-order chi connectivity index (χ0) is 9.56.